The van der Waals surface area contributed by atoms with Crippen LogP contribution in [0.3, 0.4) is 0 Å². The number of anilines is 2. The van der Waals surface area contributed by atoms with Crippen LogP contribution in [-0.4, -0.2) is 0 Å². The van der Waals surface area contributed by atoms with Crippen molar-refractivity contribution in [1.29, 1.82) is 0 Å². The summed E-state index contributed by atoms with van der Waals surface area (Å²) in [5, 5.41) is 6.10. The van der Waals surface area contributed by atoms with Gasteiger partial charge in [0, 0.05) is 17.1 Å². The Kier molecular flexibility index (Phi) is 3.60. The molecule has 0 amide bonds. The van der Waals surface area contributed by atoms with Crippen molar-refractivity contribution in [1.82, 2.24) is 0 Å². The molecule has 0 aliphatic carbocycles. The molecule has 0 atom stereocenters. The second-order valence-corrected chi connectivity index (χ2v) is 5.48. The van der Waals surface area contributed by atoms with Gasteiger partial charge in [-0.3, -0.25) is 0 Å². The fraction of sp³-hybridized carbons (Fsp3) is 0.231. The van der Waals surface area contributed by atoms with Crippen LogP contribution in [0.15, 0.2) is 23.6 Å². The summed E-state index contributed by atoms with van der Waals surface area (Å²) in [5.41, 5.74) is 9.85. The van der Waals surface area contributed by atoms with Crippen molar-refractivity contribution in [2.45, 2.75) is 20.4 Å². The van der Waals surface area contributed by atoms with Gasteiger partial charge in [0.1, 0.15) is 0 Å². The van der Waals surface area contributed by atoms with Crippen LogP contribution in [-0.2, 0) is 6.54 Å². The zero-order valence-corrected chi connectivity index (χ0v) is 11.5. The molecule has 1 heterocycles. The number of hydrogen-bond donors (Lipinski definition) is 2. The van der Waals surface area contributed by atoms with Crippen LogP contribution in [0, 0.1) is 13.8 Å². The van der Waals surface area contributed by atoms with E-state index in [1.165, 1.54) is 10.4 Å². The molecule has 1 aromatic carbocycles. The second kappa shape index (κ2) is 4.98. The average Bonchev–Trinajstić information content (AvgIpc) is 2.68. The maximum atomic E-state index is 6.02. The SMILES string of the molecule is Cc1cc(N)c(Cl)cc1NCc1sccc1C. The van der Waals surface area contributed by atoms with Gasteiger partial charge >= 0.3 is 0 Å². The minimum atomic E-state index is 0.598. The van der Waals surface area contributed by atoms with E-state index in [1.807, 2.05) is 19.1 Å². The average molecular weight is 267 g/mol. The third-order valence-electron chi connectivity index (χ3n) is 2.75. The van der Waals surface area contributed by atoms with Crippen LogP contribution < -0.4 is 11.1 Å². The van der Waals surface area contributed by atoms with Crippen molar-refractivity contribution in [2.24, 2.45) is 0 Å². The topological polar surface area (TPSA) is 38.0 Å². The van der Waals surface area contributed by atoms with Crippen LogP contribution in [0.1, 0.15) is 16.0 Å². The predicted molar refractivity (Wildman–Crippen MR) is 77.0 cm³/mol. The number of halogens is 1. The first-order valence-electron chi connectivity index (χ1n) is 5.40. The van der Waals surface area contributed by atoms with Gasteiger partial charge in [-0.25, -0.2) is 0 Å². The first kappa shape index (κ1) is 12.3. The highest BCUT2D eigenvalue weighted by Gasteiger charge is 2.05. The van der Waals surface area contributed by atoms with Crippen molar-refractivity contribution in [3.05, 3.63) is 44.6 Å². The van der Waals surface area contributed by atoms with Gasteiger partial charge in [0.15, 0.2) is 0 Å². The van der Waals surface area contributed by atoms with E-state index in [-0.39, 0.29) is 0 Å². The Bertz CT molecular complexity index is 534. The molecule has 0 fully saturated rings. The molecule has 2 nitrogen and oxygen atoms in total. The minimum absolute atomic E-state index is 0.598. The van der Waals surface area contributed by atoms with Crippen molar-refractivity contribution in [3.63, 3.8) is 0 Å². The first-order valence-corrected chi connectivity index (χ1v) is 6.66. The minimum Gasteiger partial charge on any atom is -0.398 e. The Morgan fingerprint density at radius 2 is 2.06 bits per heavy atom. The zero-order valence-electron chi connectivity index (χ0n) is 9.88. The fourth-order valence-electron chi connectivity index (χ4n) is 1.65. The molecule has 0 saturated heterocycles. The zero-order chi connectivity index (χ0) is 12.4. The van der Waals surface area contributed by atoms with Crippen LogP contribution >= 0.6 is 22.9 Å². The monoisotopic (exact) mass is 266 g/mol. The Morgan fingerprint density at radius 1 is 1.29 bits per heavy atom. The largest absolute Gasteiger partial charge is 0.398 e. The van der Waals surface area contributed by atoms with Gasteiger partial charge in [-0.2, -0.15) is 0 Å². The Labute approximate surface area is 110 Å². The highest BCUT2D eigenvalue weighted by molar-refractivity contribution is 7.10. The quantitative estimate of drug-likeness (QED) is 0.817. The number of hydrogen-bond acceptors (Lipinski definition) is 3. The number of benzene rings is 1. The van der Waals surface area contributed by atoms with Gasteiger partial charge in [-0.1, -0.05) is 11.6 Å². The smallest absolute Gasteiger partial charge is 0.0656 e. The van der Waals surface area contributed by atoms with Gasteiger partial charge in [0.05, 0.1) is 10.7 Å². The summed E-state index contributed by atoms with van der Waals surface area (Å²) in [5.74, 6) is 0. The lowest BCUT2D eigenvalue weighted by atomic mass is 10.1. The molecule has 0 spiro atoms. The van der Waals surface area contributed by atoms with Crippen LogP contribution in [0.25, 0.3) is 0 Å². The van der Waals surface area contributed by atoms with E-state index in [0.717, 1.165) is 17.8 Å². The first-order chi connectivity index (χ1) is 8.08. The maximum absolute atomic E-state index is 6.02. The Hall–Kier alpha value is -1.19. The van der Waals surface area contributed by atoms with E-state index in [9.17, 15) is 0 Å². The van der Waals surface area contributed by atoms with Gasteiger partial charge in [0.2, 0.25) is 0 Å². The lowest BCUT2D eigenvalue weighted by molar-refractivity contribution is 1.16. The normalized spacial score (nSPS) is 10.5. The molecule has 2 aromatic rings. The molecule has 0 aliphatic heterocycles. The van der Waals surface area contributed by atoms with Crippen molar-refractivity contribution in [3.8, 4) is 0 Å². The summed E-state index contributed by atoms with van der Waals surface area (Å²) in [6, 6.07) is 5.91. The molecular weight excluding hydrogens is 252 g/mol. The standard InChI is InChI=1S/C13H15ClN2S/c1-8-3-4-17-13(8)7-16-12-6-10(14)11(15)5-9(12)2/h3-6,16H,7,15H2,1-2H3. The van der Waals surface area contributed by atoms with E-state index >= 15 is 0 Å². The van der Waals surface area contributed by atoms with E-state index in [0.29, 0.717) is 10.7 Å². The predicted octanol–water partition coefficient (Wildman–Crippen LogP) is 4.21. The van der Waals surface area contributed by atoms with Crippen molar-refractivity contribution >= 4 is 34.3 Å². The number of nitrogens with two attached hydrogens (primary N) is 1. The number of aryl methyl sites for hydroxylation is 2. The lowest BCUT2D eigenvalue weighted by Crippen LogP contribution is -2.01. The number of nitrogen functional groups attached to an aromatic ring is 1. The van der Waals surface area contributed by atoms with Gasteiger partial charge in [-0.05, 0) is 48.6 Å². The van der Waals surface area contributed by atoms with Gasteiger partial charge in [-0.15, -0.1) is 11.3 Å². The van der Waals surface area contributed by atoms with Crippen LogP contribution in [0.5, 0.6) is 0 Å². The molecule has 0 bridgehead atoms. The summed E-state index contributed by atoms with van der Waals surface area (Å²) in [7, 11) is 0. The van der Waals surface area contributed by atoms with E-state index < -0.39 is 0 Å². The summed E-state index contributed by atoms with van der Waals surface area (Å²) in [6.45, 7) is 4.97. The van der Waals surface area contributed by atoms with E-state index in [2.05, 4.69) is 23.7 Å². The maximum Gasteiger partial charge on any atom is 0.0656 e. The summed E-state index contributed by atoms with van der Waals surface area (Å²) >= 11 is 7.78. The molecule has 2 rings (SSSR count). The fourth-order valence-corrected chi connectivity index (χ4v) is 2.66. The summed E-state index contributed by atoms with van der Waals surface area (Å²) in [4.78, 5) is 1.34. The Morgan fingerprint density at radius 3 is 2.71 bits per heavy atom. The van der Waals surface area contributed by atoms with Gasteiger partial charge in [0.25, 0.3) is 0 Å². The van der Waals surface area contributed by atoms with Crippen molar-refractivity contribution in [2.75, 3.05) is 11.1 Å². The van der Waals surface area contributed by atoms with Gasteiger partial charge < -0.3 is 11.1 Å². The summed E-state index contributed by atoms with van der Waals surface area (Å²) < 4.78 is 0. The van der Waals surface area contributed by atoms with E-state index in [1.54, 1.807) is 11.3 Å². The number of thiophene rings is 1. The molecule has 0 aliphatic rings. The molecule has 0 radical (unpaired) electrons. The molecule has 4 heteroatoms. The molecule has 90 valence electrons. The molecule has 1 aromatic heterocycles. The van der Waals surface area contributed by atoms with Crippen LogP contribution in [0.4, 0.5) is 11.4 Å². The third kappa shape index (κ3) is 2.73. The molecule has 3 N–H and O–H groups in total. The summed E-state index contributed by atoms with van der Waals surface area (Å²) in [6.07, 6.45) is 0. The van der Waals surface area contributed by atoms with E-state index in [4.69, 9.17) is 17.3 Å². The lowest BCUT2D eigenvalue weighted by Gasteiger charge is -2.11. The second-order valence-electron chi connectivity index (χ2n) is 4.07. The molecular formula is C13H15ClN2S. The highest BCUT2D eigenvalue weighted by atomic mass is 35.5. The number of nitrogens with one attached hydrogen (secondary N) is 1. The molecule has 0 unspecified atom stereocenters. The molecule has 17 heavy (non-hydrogen) atoms. The van der Waals surface area contributed by atoms with Crippen molar-refractivity contribution < 1.29 is 0 Å². The molecule has 0 saturated carbocycles. The highest BCUT2D eigenvalue weighted by Crippen LogP contribution is 2.27. The van der Waals surface area contributed by atoms with Crippen LogP contribution in [0.2, 0.25) is 5.02 Å². The Balaban J connectivity index is 2.14. The third-order valence-corrected chi connectivity index (χ3v) is 4.10. The number of rotatable bonds is 3.